The van der Waals surface area contributed by atoms with Crippen molar-refractivity contribution in [1.82, 2.24) is 0 Å². The molecule has 0 aromatic heterocycles. The van der Waals surface area contributed by atoms with Gasteiger partial charge >= 0.3 is 0 Å². The van der Waals surface area contributed by atoms with E-state index in [1.807, 2.05) is 0 Å². The molecule has 0 bridgehead atoms. The maximum Gasteiger partial charge on any atom is 0.231 e. The van der Waals surface area contributed by atoms with E-state index in [-0.39, 0.29) is 22.8 Å². The van der Waals surface area contributed by atoms with Crippen LogP contribution in [-0.4, -0.2) is 26.2 Å². The SMILES string of the molecule is Cc1cc(O)c(C(=O)/C(O)=C/c2ccc(O)c(O)c2)cc1C. The Balaban J connectivity index is 2.38. The predicted octanol–water partition coefficient (Wildman–Crippen LogP) is 3.20. The molecule has 2 aromatic rings. The molecule has 5 heteroatoms. The summed E-state index contributed by atoms with van der Waals surface area (Å²) >= 11 is 0. The largest absolute Gasteiger partial charge is 0.507 e. The number of aliphatic hydroxyl groups is 1. The maximum atomic E-state index is 12.2. The van der Waals surface area contributed by atoms with Crippen LogP contribution in [-0.2, 0) is 0 Å². The molecule has 0 unspecified atom stereocenters. The van der Waals surface area contributed by atoms with Crippen LogP contribution in [0.15, 0.2) is 36.1 Å². The Labute approximate surface area is 127 Å². The van der Waals surface area contributed by atoms with E-state index in [0.29, 0.717) is 5.56 Å². The fraction of sp³-hybridized carbons (Fsp3) is 0.118. The van der Waals surface area contributed by atoms with Crippen LogP contribution < -0.4 is 0 Å². The first kappa shape index (κ1) is 15.4. The lowest BCUT2D eigenvalue weighted by Gasteiger charge is -2.07. The molecule has 2 aromatic carbocycles. The number of carbonyl (C=O) groups is 1. The fourth-order valence-corrected chi connectivity index (χ4v) is 1.97. The highest BCUT2D eigenvalue weighted by Crippen LogP contribution is 2.27. The number of aliphatic hydroxyl groups excluding tert-OH is 1. The molecule has 0 atom stereocenters. The molecule has 2 rings (SSSR count). The summed E-state index contributed by atoms with van der Waals surface area (Å²) in [6.45, 7) is 3.60. The summed E-state index contributed by atoms with van der Waals surface area (Å²) in [4.78, 5) is 12.2. The molecule has 114 valence electrons. The minimum Gasteiger partial charge on any atom is -0.507 e. The zero-order valence-corrected chi connectivity index (χ0v) is 12.2. The molecule has 5 nitrogen and oxygen atoms in total. The van der Waals surface area contributed by atoms with Crippen LogP contribution in [0.1, 0.15) is 27.0 Å². The highest BCUT2D eigenvalue weighted by Gasteiger charge is 2.17. The van der Waals surface area contributed by atoms with Gasteiger partial charge in [0.1, 0.15) is 5.75 Å². The topological polar surface area (TPSA) is 98.0 Å². The van der Waals surface area contributed by atoms with Crippen molar-refractivity contribution in [2.75, 3.05) is 0 Å². The van der Waals surface area contributed by atoms with Gasteiger partial charge in [0, 0.05) is 0 Å². The molecule has 0 saturated carbocycles. The number of ketones is 1. The number of hydrogen-bond donors (Lipinski definition) is 4. The molecule has 0 spiro atoms. The number of allylic oxidation sites excluding steroid dienone is 1. The average molecular weight is 300 g/mol. The van der Waals surface area contributed by atoms with Gasteiger partial charge in [-0.25, -0.2) is 0 Å². The van der Waals surface area contributed by atoms with Crippen LogP contribution in [0.3, 0.4) is 0 Å². The summed E-state index contributed by atoms with van der Waals surface area (Å²) in [6.07, 6.45) is 1.15. The Hall–Kier alpha value is -2.95. The summed E-state index contributed by atoms with van der Waals surface area (Å²) in [5.41, 5.74) is 1.99. The molecule has 22 heavy (non-hydrogen) atoms. The van der Waals surface area contributed by atoms with Crippen molar-refractivity contribution in [2.24, 2.45) is 0 Å². The van der Waals surface area contributed by atoms with Crippen molar-refractivity contribution >= 4 is 11.9 Å². The fourth-order valence-electron chi connectivity index (χ4n) is 1.97. The lowest BCUT2D eigenvalue weighted by molar-refractivity contribution is 0.0977. The Morgan fingerprint density at radius 2 is 1.55 bits per heavy atom. The summed E-state index contributed by atoms with van der Waals surface area (Å²) in [7, 11) is 0. The van der Waals surface area contributed by atoms with Crippen molar-refractivity contribution in [2.45, 2.75) is 13.8 Å². The van der Waals surface area contributed by atoms with E-state index in [9.17, 15) is 25.2 Å². The summed E-state index contributed by atoms with van der Waals surface area (Å²) < 4.78 is 0. The molecule has 0 aliphatic heterocycles. The average Bonchev–Trinajstić information content (AvgIpc) is 2.46. The van der Waals surface area contributed by atoms with Gasteiger partial charge in [-0.2, -0.15) is 0 Å². The zero-order chi connectivity index (χ0) is 16.4. The highest BCUT2D eigenvalue weighted by molar-refractivity contribution is 6.11. The van der Waals surface area contributed by atoms with Crippen molar-refractivity contribution in [3.05, 3.63) is 58.3 Å². The lowest BCUT2D eigenvalue weighted by Crippen LogP contribution is -2.04. The first-order valence-corrected chi connectivity index (χ1v) is 6.57. The highest BCUT2D eigenvalue weighted by atomic mass is 16.3. The minimum atomic E-state index is -0.729. The Morgan fingerprint density at radius 3 is 2.18 bits per heavy atom. The summed E-state index contributed by atoms with van der Waals surface area (Å²) in [5, 5.41) is 38.4. The summed E-state index contributed by atoms with van der Waals surface area (Å²) in [5.74, 6) is -2.17. The molecule has 0 fully saturated rings. The monoisotopic (exact) mass is 300 g/mol. The van der Waals surface area contributed by atoms with Gasteiger partial charge < -0.3 is 20.4 Å². The lowest BCUT2D eigenvalue weighted by atomic mass is 10.0. The molecular weight excluding hydrogens is 284 g/mol. The van der Waals surface area contributed by atoms with Crippen LogP contribution in [0, 0.1) is 13.8 Å². The molecule has 0 heterocycles. The van der Waals surface area contributed by atoms with Crippen molar-refractivity contribution in [3.63, 3.8) is 0 Å². The van der Waals surface area contributed by atoms with E-state index in [2.05, 4.69) is 0 Å². The minimum absolute atomic E-state index is 0.000139. The van der Waals surface area contributed by atoms with Gasteiger partial charge in [-0.3, -0.25) is 4.79 Å². The van der Waals surface area contributed by atoms with Crippen molar-refractivity contribution in [1.29, 1.82) is 0 Å². The van der Waals surface area contributed by atoms with E-state index < -0.39 is 11.5 Å². The molecule has 4 N–H and O–H groups in total. The second-order valence-corrected chi connectivity index (χ2v) is 5.06. The first-order valence-electron chi connectivity index (χ1n) is 6.57. The van der Waals surface area contributed by atoms with E-state index in [4.69, 9.17) is 0 Å². The maximum absolute atomic E-state index is 12.2. The molecular formula is C17H16O5. The van der Waals surface area contributed by atoms with Gasteiger partial charge in [0.25, 0.3) is 0 Å². The number of Topliss-reactive ketones (excluding diaryl/α,β-unsaturated/α-hetero) is 1. The second kappa shape index (κ2) is 5.81. The third-order valence-electron chi connectivity index (χ3n) is 3.39. The van der Waals surface area contributed by atoms with Gasteiger partial charge in [0.2, 0.25) is 5.78 Å². The Bertz CT molecular complexity index is 775. The standard InChI is InChI=1S/C17H16O5/c1-9-5-12(14(19)6-10(9)2)17(22)16(21)8-11-3-4-13(18)15(20)7-11/h3-8,18-21H,1-2H3/b16-8-. The van der Waals surface area contributed by atoms with Gasteiger partial charge in [-0.1, -0.05) is 6.07 Å². The van der Waals surface area contributed by atoms with Gasteiger partial charge in [0.15, 0.2) is 17.3 Å². The number of benzene rings is 2. The predicted molar refractivity (Wildman–Crippen MR) is 82.3 cm³/mol. The van der Waals surface area contributed by atoms with Crippen LogP contribution >= 0.6 is 0 Å². The van der Waals surface area contributed by atoms with Gasteiger partial charge in [-0.15, -0.1) is 0 Å². The van der Waals surface area contributed by atoms with E-state index >= 15 is 0 Å². The molecule has 0 radical (unpaired) electrons. The van der Waals surface area contributed by atoms with Crippen LogP contribution in [0.5, 0.6) is 17.2 Å². The zero-order valence-electron chi connectivity index (χ0n) is 12.2. The van der Waals surface area contributed by atoms with E-state index in [1.54, 1.807) is 13.8 Å². The second-order valence-electron chi connectivity index (χ2n) is 5.06. The van der Waals surface area contributed by atoms with Gasteiger partial charge in [-0.05, 0) is 60.9 Å². The number of aromatic hydroxyl groups is 3. The van der Waals surface area contributed by atoms with Crippen molar-refractivity contribution in [3.8, 4) is 17.2 Å². The van der Waals surface area contributed by atoms with Gasteiger partial charge in [0.05, 0.1) is 5.56 Å². The molecule has 0 amide bonds. The number of phenolic OH excluding ortho intramolecular Hbond substituents is 3. The molecule has 0 saturated heterocycles. The van der Waals surface area contributed by atoms with Crippen LogP contribution in [0.2, 0.25) is 0 Å². The smallest absolute Gasteiger partial charge is 0.231 e. The van der Waals surface area contributed by atoms with Crippen LogP contribution in [0.4, 0.5) is 0 Å². The Kier molecular flexibility index (Phi) is 4.08. The number of carbonyl (C=O) groups excluding carboxylic acids is 1. The molecule has 0 aliphatic rings. The quantitative estimate of drug-likeness (QED) is 0.302. The number of hydrogen-bond acceptors (Lipinski definition) is 5. The normalized spacial score (nSPS) is 11.5. The van der Waals surface area contributed by atoms with E-state index in [1.165, 1.54) is 30.3 Å². The van der Waals surface area contributed by atoms with E-state index in [0.717, 1.165) is 17.2 Å². The number of aryl methyl sites for hydroxylation is 2. The van der Waals surface area contributed by atoms with Crippen LogP contribution in [0.25, 0.3) is 6.08 Å². The number of rotatable bonds is 3. The summed E-state index contributed by atoms with van der Waals surface area (Å²) in [6, 6.07) is 6.85. The number of phenols is 3. The first-order chi connectivity index (χ1) is 10.3. The van der Waals surface area contributed by atoms with Crippen molar-refractivity contribution < 1.29 is 25.2 Å². The Morgan fingerprint density at radius 1 is 0.909 bits per heavy atom. The molecule has 0 aliphatic carbocycles. The third kappa shape index (κ3) is 3.03. The third-order valence-corrected chi connectivity index (χ3v) is 3.39.